The predicted octanol–water partition coefficient (Wildman–Crippen LogP) is 3.75. The Bertz CT molecular complexity index is 634. The molecule has 0 bridgehead atoms. The minimum atomic E-state index is -4.50. The number of hydrogen-bond donors (Lipinski definition) is 0. The van der Waals surface area contributed by atoms with E-state index in [2.05, 4.69) is 4.98 Å². The van der Waals surface area contributed by atoms with Gasteiger partial charge in [0.1, 0.15) is 0 Å². The molecule has 0 unspecified atom stereocenters. The zero-order valence-electron chi connectivity index (χ0n) is 9.70. The summed E-state index contributed by atoms with van der Waals surface area (Å²) in [5.41, 5.74) is -0.632. The number of carbonyl (C=O) groups is 1. The lowest BCUT2D eigenvalue weighted by Gasteiger charge is -2.11. The van der Waals surface area contributed by atoms with Crippen LogP contribution in [0.2, 0.25) is 5.02 Å². The van der Waals surface area contributed by atoms with Gasteiger partial charge in [0, 0.05) is 19.3 Å². The molecule has 19 heavy (non-hydrogen) atoms. The Hall–Kier alpha value is -1.82. The number of nitrogens with zero attached hydrogens (tertiary/aromatic N) is 2. The average Bonchev–Trinajstić information content (AvgIpc) is 2.76. The number of pyridine rings is 1. The predicted molar refractivity (Wildman–Crippen MR) is 63.6 cm³/mol. The molecule has 0 spiro atoms. The molecular formula is C12H8ClF3N2O. The lowest BCUT2D eigenvalue weighted by atomic mass is 10.2. The van der Waals surface area contributed by atoms with Gasteiger partial charge >= 0.3 is 6.18 Å². The second-order valence-corrected chi connectivity index (χ2v) is 4.25. The Kier molecular flexibility index (Phi) is 3.36. The molecule has 0 saturated heterocycles. The molecule has 3 nitrogen and oxygen atoms in total. The molecule has 2 aromatic rings. The van der Waals surface area contributed by atoms with Crippen LogP contribution in [0.1, 0.15) is 23.0 Å². The van der Waals surface area contributed by atoms with Crippen LogP contribution in [0, 0.1) is 0 Å². The molecule has 0 aliphatic carbocycles. The maximum Gasteiger partial charge on any atom is 0.417 e. The smallest absolute Gasteiger partial charge is 0.297 e. The Balaban J connectivity index is 2.53. The zero-order valence-corrected chi connectivity index (χ0v) is 10.5. The Labute approximate surface area is 111 Å². The van der Waals surface area contributed by atoms with Crippen molar-refractivity contribution in [2.24, 2.45) is 0 Å². The molecule has 0 N–H and O–H groups in total. The van der Waals surface area contributed by atoms with Crippen molar-refractivity contribution < 1.29 is 18.0 Å². The molecule has 0 amide bonds. The number of alkyl halides is 3. The third-order valence-corrected chi connectivity index (χ3v) is 2.76. The fourth-order valence-electron chi connectivity index (χ4n) is 1.62. The van der Waals surface area contributed by atoms with Gasteiger partial charge in [-0.15, -0.1) is 0 Å². The number of ketones is 1. The van der Waals surface area contributed by atoms with Crippen LogP contribution < -0.4 is 0 Å². The third-order valence-electron chi connectivity index (χ3n) is 2.49. The minimum Gasteiger partial charge on any atom is -0.297 e. The van der Waals surface area contributed by atoms with E-state index in [1.165, 1.54) is 23.8 Å². The summed E-state index contributed by atoms with van der Waals surface area (Å²) in [5, 5.41) is -0.173. The van der Waals surface area contributed by atoms with Crippen LogP contribution >= 0.6 is 11.6 Å². The molecule has 0 fully saturated rings. The van der Waals surface area contributed by atoms with Crippen LogP contribution in [0.3, 0.4) is 0 Å². The number of halogens is 4. The number of Topliss-reactive ketones (excluding diaryl/α,β-unsaturated/α-hetero) is 1. The number of rotatable bonds is 2. The van der Waals surface area contributed by atoms with E-state index in [1.807, 2.05) is 0 Å². The summed E-state index contributed by atoms with van der Waals surface area (Å²) >= 11 is 5.81. The van der Waals surface area contributed by atoms with E-state index < -0.39 is 11.7 Å². The quantitative estimate of drug-likeness (QED) is 0.789. The van der Waals surface area contributed by atoms with E-state index in [1.54, 1.807) is 6.07 Å². The molecule has 0 aliphatic heterocycles. The van der Waals surface area contributed by atoms with E-state index in [-0.39, 0.29) is 16.6 Å². The number of carbonyl (C=O) groups excluding carboxylic acids is 1. The van der Waals surface area contributed by atoms with Gasteiger partial charge in [0.25, 0.3) is 0 Å². The van der Waals surface area contributed by atoms with Gasteiger partial charge in [0.15, 0.2) is 11.6 Å². The molecule has 0 saturated carbocycles. The molecule has 0 atom stereocenters. The Morgan fingerprint density at radius 1 is 1.42 bits per heavy atom. The summed E-state index contributed by atoms with van der Waals surface area (Å²) in [6, 6.07) is 3.91. The van der Waals surface area contributed by atoms with Crippen LogP contribution in [0.5, 0.6) is 0 Å². The van der Waals surface area contributed by atoms with Crippen molar-refractivity contribution in [3.05, 3.63) is 46.9 Å². The first-order chi connectivity index (χ1) is 8.80. The van der Waals surface area contributed by atoms with Crippen LogP contribution in [0.15, 0.2) is 30.6 Å². The van der Waals surface area contributed by atoms with Gasteiger partial charge in [0.2, 0.25) is 0 Å². The normalized spacial score (nSPS) is 11.6. The van der Waals surface area contributed by atoms with E-state index in [9.17, 15) is 18.0 Å². The van der Waals surface area contributed by atoms with Crippen molar-refractivity contribution in [2.45, 2.75) is 13.1 Å². The van der Waals surface area contributed by atoms with Gasteiger partial charge in [-0.3, -0.25) is 9.36 Å². The summed E-state index contributed by atoms with van der Waals surface area (Å²) in [7, 11) is 0. The second-order valence-electron chi connectivity index (χ2n) is 3.85. The van der Waals surface area contributed by atoms with Gasteiger partial charge < -0.3 is 0 Å². The molecule has 0 radical (unpaired) electrons. The summed E-state index contributed by atoms with van der Waals surface area (Å²) in [6.07, 6.45) is -2.31. The second kappa shape index (κ2) is 4.70. The molecule has 2 aromatic heterocycles. The average molecular weight is 289 g/mol. The zero-order chi connectivity index (χ0) is 14.2. The van der Waals surface area contributed by atoms with Gasteiger partial charge in [0.05, 0.1) is 16.3 Å². The SMILES string of the molecule is CC(=O)c1cccn1-c1ncc(C(F)(F)F)cc1Cl. The monoisotopic (exact) mass is 288 g/mol. The van der Waals surface area contributed by atoms with Crippen molar-refractivity contribution in [1.29, 1.82) is 0 Å². The van der Waals surface area contributed by atoms with E-state index in [0.717, 1.165) is 6.07 Å². The highest BCUT2D eigenvalue weighted by Crippen LogP contribution is 2.32. The maximum atomic E-state index is 12.5. The molecule has 0 aliphatic rings. The molecular weight excluding hydrogens is 281 g/mol. The topological polar surface area (TPSA) is 34.9 Å². The van der Waals surface area contributed by atoms with Crippen LogP contribution in [-0.2, 0) is 6.18 Å². The molecule has 2 rings (SSSR count). The van der Waals surface area contributed by atoms with Crippen molar-refractivity contribution >= 4 is 17.4 Å². The van der Waals surface area contributed by atoms with E-state index in [0.29, 0.717) is 11.9 Å². The van der Waals surface area contributed by atoms with Crippen molar-refractivity contribution in [3.63, 3.8) is 0 Å². The largest absolute Gasteiger partial charge is 0.417 e. The molecule has 2 heterocycles. The Morgan fingerprint density at radius 2 is 2.11 bits per heavy atom. The molecule has 0 aromatic carbocycles. The van der Waals surface area contributed by atoms with Crippen LogP contribution in [0.4, 0.5) is 13.2 Å². The summed E-state index contributed by atoms with van der Waals surface area (Å²) < 4.78 is 38.8. The fourth-order valence-corrected chi connectivity index (χ4v) is 1.87. The van der Waals surface area contributed by atoms with Gasteiger partial charge in [-0.25, -0.2) is 4.98 Å². The van der Waals surface area contributed by atoms with Crippen LogP contribution in [-0.4, -0.2) is 15.3 Å². The van der Waals surface area contributed by atoms with Gasteiger partial charge in [-0.05, 0) is 18.2 Å². The highest BCUT2D eigenvalue weighted by Gasteiger charge is 2.31. The van der Waals surface area contributed by atoms with Crippen molar-refractivity contribution in [3.8, 4) is 5.82 Å². The van der Waals surface area contributed by atoms with Crippen molar-refractivity contribution in [2.75, 3.05) is 0 Å². The number of hydrogen-bond acceptors (Lipinski definition) is 2. The van der Waals surface area contributed by atoms with E-state index in [4.69, 9.17) is 11.6 Å². The first-order valence-corrected chi connectivity index (χ1v) is 5.60. The molecule has 7 heteroatoms. The lowest BCUT2D eigenvalue weighted by Crippen LogP contribution is -2.09. The van der Waals surface area contributed by atoms with Gasteiger partial charge in [-0.1, -0.05) is 11.6 Å². The lowest BCUT2D eigenvalue weighted by molar-refractivity contribution is -0.137. The third kappa shape index (κ3) is 2.63. The van der Waals surface area contributed by atoms with Gasteiger partial charge in [-0.2, -0.15) is 13.2 Å². The summed E-state index contributed by atoms with van der Waals surface area (Å²) in [5.74, 6) is -0.146. The number of aromatic nitrogens is 2. The standard InChI is InChI=1S/C12H8ClF3N2O/c1-7(19)10-3-2-4-18(10)11-9(13)5-8(6-17-11)12(14,15)16/h2-6H,1H3. The first-order valence-electron chi connectivity index (χ1n) is 5.22. The first kappa shape index (κ1) is 13.6. The van der Waals surface area contributed by atoms with Crippen molar-refractivity contribution in [1.82, 2.24) is 9.55 Å². The highest BCUT2D eigenvalue weighted by atomic mass is 35.5. The highest BCUT2D eigenvalue weighted by molar-refractivity contribution is 6.32. The summed E-state index contributed by atoms with van der Waals surface area (Å²) in [6.45, 7) is 1.35. The minimum absolute atomic E-state index is 0.0878. The maximum absolute atomic E-state index is 12.5. The summed E-state index contributed by atoms with van der Waals surface area (Å²) in [4.78, 5) is 15.1. The Morgan fingerprint density at radius 3 is 2.63 bits per heavy atom. The van der Waals surface area contributed by atoms with Crippen LogP contribution in [0.25, 0.3) is 5.82 Å². The van der Waals surface area contributed by atoms with E-state index >= 15 is 0 Å². The fraction of sp³-hybridized carbons (Fsp3) is 0.167. The molecule has 100 valence electrons.